The van der Waals surface area contributed by atoms with Gasteiger partial charge >= 0.3 is 0 Å². The normalized spacial score (nSPS) is 21.4. The van der Waals surface area contributed by atoms with Gasteiger partial charge in [0.05, 0.1) is 12.6 Å². The number of fused-ring (bicyclic) bond motifs is 1. The molecular weight excluding hydrogens is 254 g/mol. The number of hydrogen-bond acceptors (Lipinski definition) is 4. The molecule has 2 atom stereocenters. The minimum Gasteiger partial charge on any atom is -0.494 e. The smallest absolute Gasteiger partial charge is 0.125 e. The predicted molar refractivity (Wildman–Crippen MR) is 79.4 cm³/mol. The molecule has 1 N–H and O–H groups in total. The van der Waals surface area contributed by atoms with E-state index >= 15 is 0 Å². The van der Waals surface area contributed by atoms with Crippen molar-refractivity contribution in [3.8, 4) is 11.5 Å². The van der Waals surface area contributed by atoms with E-state index in [0.29, 0.717) is 13.2 Å². The number of aliphatic hydroxyl groups excluding tert-OH is 1. The van der Waals surface area contributed by atoms with E-state index in [2.05, 4.69) is 11.8 Å². The molecule has 0 saturated heterocycles. The Labute approximate surface area is 121 Å². The van der Waals surface area contributed by atoms with E-state index in [1.165, 1.54) is 0 Å². The standard InChI is InChI=1S/C16H25NO3/c1-4-6-9-17(3)14-11-20-15-8-7-12(19-5-2)10-13(15)16(14)18/h7-8,10,14,16,18H,4-6,9,11H2,1-3H3. The summed E-state index contributed by atoms with van der Waals surface area (Å²) < 4.78 is 11.3. The Morgan fingerprint density at radius 1 is 1.40 bits per heavy atom. The molecular formula is C16H25NO3. The lowest BCUT2D eigenvalue weighted by atomic mass is 9.97. The van der Waals surface area contributed by atoms with E-state index in [9.17, 15) is 5.11 Å². The van der Waals surface area contributed by atoms with Gasteiger partial charge in [0.15, 0.2) is 0 Å². The van der Waals surface area contributed by atoms with Gasteiger partial charge in [-0.25, -0.2) is 0 Å². The molecule has 2 rings (SSSR count). The van der Waals surface area contributed by atoms with Crippen LogP contribution in [-0.2, 0) is 0 Å². The number of likely N-dealkylation sites (N-methyl/N-ethyl adjacent to an activating group) is 1. The van der Waals surface area contributed by atoms with Crippen LogP contribution in [-0.4, -0.2) is 42.9 Å². The summed E-state index contributed by atoms with van der Waals surface area (Å²) in [7, 11) is 2.05. The Balaban J connectivity index is 2.14. The van der Waals surface area contributed by atoms with Crippen molar-refractivity contribution in [2.75, 3.05) is 26.8 Å². The maximum atomic E-state index is 10.6. The summed E-state index contributed by atoms with van der Waals surface area (Å²) in [5, 5.41) is 10.6. The van der Waals surface area contributed by atoms with Crippen LogP contribution in [0.25, 0.3) is 0 Å². The summed E-state index contributed by atoms with van der Waals surface area (Å²) in [5.74, 6) is 1.55. The number of unbranched alkanes of at least 4 members (excludes halogenated alkanes) is 1. The van der Waals surface area contributed by atoms with E-state index in [1.54, 1.807) is 0 Å². The zero-order valence-electron chi connectivity index (χ0n) is 12.6. The predicted octanol–water partition coefficient (Wildman–Crippen LogP) is 2.61. The third-order valence-corrected chi connectivity index (χ3v) is 3.82. The van der Waals surface area contributed by atoms with Crippen LogP contribution >= 0.6 is 0 Å². The summed E-state index contributed by atoms with van der Waals surface area (Å²) in [5.41, 5.74) is 0.829. The lowest BCUT2D eigenvalue weighted by Gasteiger charge is -2.36. The lowest BCUT2D eigenvalue weighted by molar-refractivity contribution is 0.0145. The zero-order chi connectivity index (χ0) is 14.5. The Morgan fingerprint density at radius 2 is 2.20 bits per heavy atom. The number of benzene rings is 1. The number of aliphatic hydroxyl groups is 1. The van der Waals surface area contributed by atoms with E-state index in [0.717, 1.165) is 36.4 Å². The second-order valence-corrected chi connectivity index (χ2v) is 5.29. The highest BCUT2D eigenvalue weighted by molar-refractivity contribution is 5.43. The van der Waals surface area contributed by atoms with Crippen LogP contribution in [0.4, 0.5) is 0 Å². The quantitative estimate of drug-likeness (QED) is 0.869. The molecule has 112 valence electrons. The second-order valence-electron chi connectivity index (χ2n) is 5.29. The first-order valence-electron chi connectivity index (χ1n) is 7.45. The van der Waals surface area contributed by atoms with Crippen LogP contribution in [0.1, 0.15) is 38.4 Å². The van der Waals surface area contributed by atoms with E-state index in [4.69, 9.17) is 9.47 Å². The summed E-state index contributed by atoms with van der Waals surface area (Å²) >= 11 is 0. The highest BCUT2D eigenvalue weighted by Gasteiger charge is 2.32. The molecule has 20 heavy (non-hydrogen) atoms. The summed E-state index contributed by atoms with van der Waals surface area (Å²) in [4.78, 5) is 2.18. The summed E-state index contributed by atoms with van der Waals surface area (Å²) in [6, 6.07) is 5.66. The van der Waals surface area contributed by atoms with Crippen LogP contribution in [0.2, 0.25) is 0 Å². The van der Waals surface area contributed by atoms with E-state index < -0.39 is 6.10 Å². The Kier molecular flexibility index (Phi) is 5.26. The molecule has 0 aliphatic carbocycles. The zero-order valence-corrected chi connectivity index (χ0v) is 12.6. The monoisotopic (exact) mass is 279 g/mol. The van der Waals surface area contributed by atoms with Crippen molar-refractivity contribution in [3.63, 3.8) is 0 Å². The number of hydrogen-bond donors (Lipinski definition) is 1. The van der Waals surface area contributed by atoms with Gasteiger partial charge in [-0.1, -0.05) is 13.3 Å². The van der Waals surface area contributed by atoms with Gasteiger partial charge in [-0.2, -0.15) is 0 Å². The highest BCUT2D eigenvalue weighted by atomic mass is 16.5. The van der Waals surface area contributed by atoms with Crippen LogP contribution in [0, 0.1) is 0 Å². The van der Waals surface area contributed by atoms with Crippen LogP contribution in [0.3, 0.4) is 0 Å². The minimum absolute atomic E-state index is 0.00549. The van der Waals surface area contributed by atoms with Crippen LogP contribution in [0.15, 0.2) is 18.2 Å². The van der Waals surface area contributed by atoms with Crippen molar-refractivity contribution in [1.82, 2.24) is 4.90 Å². The van der Waals surface area contributed by atoms with Crippen molar-refractivity contribution in [2.24, 2.45) is 0 Å². The van der Waals surface area contributed by atoms with Gasteiger partial charge in [-0.3, -0.25) is 4.90 Å². The van der Waals surface area contributed by atoms with Crippen molar-refractivity contribution in [1.29, 1.82) is 0 Å². The highest BCUT2D eigenvalue weighted by Crippen LogP contribution is 2.36. The first-order chi connectivity index (χ1) is 9.67. The van der Waals surface area contributed by atoms with Gasteiger partial charge in [0, 0.05) is 5.56 Å². The van der Waals surface area contributed by atoms with Gasteiger partial charge in [0.25, 0.3) is 0 Å². The van der Waals surface area contributed by atoms with Crippen molar-refractivity contribution < 1.29 is 14.6 Å². The molecule has 4 nitrogen and oxygen atoms in total. The van der Waals surface area contributed by atoms with Gasteiger partial charge in [-0.15, -0.1) is 0 Å². The molecule has 1 aromatic rings. The van der Waals surface area contributed by atoms with Crippen LogP contribution < -0.4 is 9.47 Å². The number of rotatable bonds is 6. The van der Waals surface area contributed by atoms with Gasteiger partial charge in [0.1, 0.15) is 24.2 Å². The first-order valence-corrected chi connectivity index (χ1v) is 7.45. The van der Waals surface area contributed by atoms with Crippen LogP contribution in [0.5, 0.6) is 11.5 Å². The molecule has 0 fully saturated rings. The fourth-order valence-electron chi connectivity index (χ4n) is 2.56. The van der Waals surface area contributed by atoms with Crippen molar-refractivity contribution in [3.05, 3.63) is 23.8 Å². The fraction of sp³-hybridized carbons (Fsp3) is 0.625. The maximum Gasteiger partial charge on any atom is 0.125 e. The summed E-state index contributed by atoms with van der Waals surface area (Å²) in [6.45, 7) is 6.25. The fourth-order valence-corrected chi connectivity index (χ4v) is 2.56. The second kappa shape index (κ2) is 6.95. The number of ether oxygens (including phenoxy) is 2. The van der Waals surface area contributed by atoms with Gasteiger partial charge < -0.3 is 14.6 Å². The molecule has 1 aliphatic rings. The molecule has 4 heteroatoms. The van der Waals surface area contributed by atoms with Crippen molar-refractivity contribution >= 4 is 0 Å². The topological polar surface area (TPSA) is 41.9 Å². The average molecular weight is 279 g/mol. The molecule has 1 aliphatic heterocycles. The largest absolute Gasteiger partial charge is 0.494 e. The third-order valence-electron chi connectivity index (χ3n) is 3.82. The molecule has 0 radical (unpaired) electrons. The Morgan fingerprint density at radius 3 is 2.90 bits per heavy atom. The average Bonchev–Trinajstić information content (AvgIpc) is 2.46. The van der Waals surface area contributed by atoms with E-state index in [-0.39, 0.29) is 6.04 Å². The third kappa shape index (κ3) is 3.25. The number of nitrogens with zero attached hydrogens (tertiary/aromatic N) is 1. The maximum absolute atomic E-state index is 10.6. The SMILES string of the molecule is CCCCN(C)C1COc2ccc(OCC)cc2C1O. The van der Waals surface area contributed by atoms with E-state index in [1.807, 2.05) is 32.2 Å². The molecule has 0 amide bonds. The minimum atomic E-state index is -0.527. The molecule has 0 bridgehead atoms. The molecule has 1 aromatic carbocycles. The Hall–Kier alpha value is -1.26. The molecule has 1 heterocycles. The molecule has 0 aromatic heterocycles. The lowest BCUT2D eigenvalue weighted by Crippen LogP contribution is -2.44. The first kappa shape index (κ1) is 15.1. The Bertz CT molecular complexity index is 436. The molecule has 2 unspecified atom stereocenters. The van der Waals surface area contributed by atoms with Crippen molar-refractivity contribution in [2.45, 2.75) is 38.8 Å². The van der Waals surface area contributed by atoms with Gasteiger partial charge in [-0.05, 0) is 45.1 Å². The summed E-state index contributed by atoms with van der Waals surface area (Å²) in [6.07, 6.45) is 1.76. The molecule has 0 spiro atoms. The van der Waals surface area contributed by atoms with Gasteiger partial charge in [0.2, 0.25) is 0 Å². The molecule has 0 saturated carbocycles.